The third kappa shape index (κ3) is 2.97. The normalized spacial score (nSPS) is 30.6. The number of aliphatic carboxylic acids is 1. The predicted molar refractivity (Wildman–Crippen MR) is 65.5 cm³/mol. The molecule has 3 heteroatoms. The summed E-state index contributed by atoms with van der Waals surface area (Å²) in [5.74, 6) is 0.719. The Hall–Kier alpha value is -0.570. The van der Waals surface area contributed by atoms with Crippen molar-refractivity contribution in [2.24, 2.45) is 11.8 Å². The number of hydrogen-bond acceptors (Lipinski definition) is 2. The van der Waals surface area contributed by atoms with Gasteiger partial charge in [-0.1, -0.05) is 20.8 Å². The zero-order valence-corrected chi connectivity index (χ0v) is 10.8. The van der Waals surface area contributed by atoms with Crippen molar-refractivity contribution >= 4 is 5.97 Å². The van der Waals surface area contributed by atoms with Gasteiger partial charge in [0.15, 0.2) is 0 Å². The van der Waals surface area contributed by atoms with Crippen molar-refractivity contribution in [2.45, 2.75) is 58.4 Å². The molecule has 0 bridgehead atoms. The molecule has 0 unspecified atom stereocenters. The van der Waals surface area contributed by atoms with E-state index in [0.29, 0.717) is 11.8 Å². The Balaban J connectivity index is 2.59. The zero-order valence-electron chi connectivity index (χ0n) is 10.8. The molecule has 1 aliphatic rings. The van der Waals surface area contributed by atoms with Crippen LogP contribution in [0.2, 0.25) is 0 Å². The number of carboxylic acid groups (broad SMARTS) is 1. The highest BCUT2D eigenvalue weighted by atomic mass is 16.4. The number of carboxylic acids is 1. The molecule has 0 amide bonds. The molecule has 0 aromatic heterocycles. The quantitative estimate of drug-likeness (QED) is 0.759. The first-order valence-electron chi connectivity index (χ1n) is 6.50. The Morgan fingerprint density at radius 2 is 2.00 bits per heavy atom. The van der Waals surface area contributed by atoms with Crippen molar-refractivity contribution in [3.8, 4) is 0 Å². The molecule has 0 saturated heterocycles. The lowest BCUT2D eigenvalue weighted by atomic mass is 9.73. The number of nitrogens with one attached hydrogen (secondary N) is 1. The molecule has 0 heterocycles. The van der Waals surface area contributed by atoms with Crippen LogP contribution in [0.1, 0.15) is 52.9 Å². The molecule has 0 atom stereocenters. The first kappa shape index (κ1) is 13.5. The second-order valence-corrected chi connectivity index (χ2v) is 5.40. The fourth-order valence-electron chi connectivity index (χ4n) is 2.63. The smallest absolute Gasteiger partial charge is 0.323 e. The molecule has 94 valence electrons. The van der Waals surface area contributed by atoms with Crippen LogP contribution in [-0.2, 0) is 4.79 Å². The molecule has 1 rings (SSSR count). The Kier molecular flexibility index (Phi) is 4.78. The summed E-state index contributed by atoms with van der Waals surface area (Å²) < 4.78 is 0. The van der Waals surface area contributed by atoms with Gasteiger partial charge in [-0.25, -0.2) is 0 Å². The van der Waals surface area contributed by atoms with Crippen molar-refractivity contribution in [3.05, 3.63) is 0 Å². The van der Waals surface area contributed by atoms with Gasteiger partial charge in [-0.15, -0.1) is 0 Å². The summed E-state index contributed by atoms with van der Waals surface area (Å²) in [4.78, 5) is 11.4. The molecule has 1 aliphatic carbocycles. The first-order chi connectivity index (χ1) is 7.52. The minimum absolute atomic E-state index is 0.637. The van der Waals surface area contributed by atoms with E-state index in [1.807, 2.05) is 0 Å². The minimum atomic E-state index is -0.664. The van der Waals surface area contributed by atoms with E-state index in [2.05, 4.69) is 26.1 Å². The van der Waals surface area contributed by atoms with Crippen LogP contribution in [0.3, 0.4) is 0 Å². The van der Waals surface area contributed by atoms with Crippen LogP contribution < -0.4 is 5.32 Å². The molecular weight excluding hydrogens is 202 g/mol. The van der Waals surface area contributed by atoms with E-state index in [0.717, 1.165) is 38.6 Å². The monoisotopic (exact) mass is 227 g/mol. The fourth-order valence-corrected chi connectivity index (χ4v) is 2.63. The van der Waals surface area contributed by atoms with Crippen LogP contribution in [0.25, 0.3) is 0 Å². The van der Waals surface area contributed by atoms with Crippen molar-refractivity contribution in [1.29, 1.82) is 0 Å². The van der Waals surface area contributed by atoms with Crippen LogP contribution in [0, 0.1) is 11.8 Å². The van der Waals surface area contributed by atoms with Crippen molar-refractivity contribution in [1.82, 2.24) is 5.32 Å². The maximum Gasteiger partial charge on any atom is 0.323 e. The van der Waals surface area contributed by atoms with E-state index >= 15 is 0 Å². The largest absolute Gasteiger partial charge is 0.480 e. The lowest BCUT2D eigenvalue weighted by Gasteiger charge is -2.39. The zero-order chi connectivity index (χ0) is 12.2. The van der Waals surface area contributed by atoms with Crippen LogP contribution in [0.5, 0.6) is 0 Å². The van der Waals surface area contributed by atoms with Gasteiger partial charge in [0, 0.05) is 0 Å². The minimum Gasteiger partial charge on any atom is -0.480 e. The second kappa shape index (κ2) is 5.67. The molecule has 0 aromatic rings. The Bertz CT molecular complexity index is 230. The standard InChI is InChI=1S/C13H25NO2/c1-4-9-14-13(12(15)16)7-5-11(6-8-13)10(2)3/h10-11,14H,4-9H2,1-3H3,(H,15,16). The van der Waals surface area contributed by atoms with E-state index < -0.39 is 11.5 Å². The van der Waals surface area contributed by atoms with Crippen LogP contribution >= 0.6 is 0 Å². The van der Waals surface area contributed by atoms with E-state index in [1.54, 1.807) is 0 Å². The van der Waals surface area contributed by atoms with Gasteiger partial charge in [-0.2, -0.15) is 0 Å². The highest BCUT2D eigenvalue weighted by Gasteiger charge is 2.41. The van der Waals surface area contributed by atoms with Gasteiger partial charge in [0.2, 0.25) is 0 Å². The fraction of sp³-hybridized carbons (Fsp3) is 0.923. The summed E-state index contributed by atoms with van der Waals surface area (Å²) in [7, 11) is 0. The number of hydrogen-bond donors (Lipinski definition) is 2. The summed E-state index contributed by atoms with van der Waals surface area (Å²) in [6.07, 6.45) is 4.64. The van der Waals surface area contributed by atoms with Gasteiger partial charge in [-0.3, -0.25) is 4.79 Å². The number of carbonyl (C=O) groups is 1. The SMILES string of the molecule is CCCNC1(C(=O)O)CCC(C(C)C)CC1. The summed E-state index contributed by atoms with van der Waals surface area (Å²) in [5.41, 5.74) is -0.637. The van der Waals surface area contributed by atoms with Gasteiger partial charge in [-0.05, 0) is 50.5 Å². The maximum absolute atomic E-state index is 11.4. The number of rotatable bonds is 5. The first-order valence-corrected chi connectivity index (χ1v) is 6.50. The van der Waals surface area contributed by atoms with Crippen LogP contribution in [0.15, 0.2) is 0 Å². The van der Waals surface area contributed by atoms with Crippen molar-refractivity contribution < 1.29 is 9.90 Å². The maximum atomic E-state index is 11.4. The molecule has 1 fully saturated rings. The molecule has 0 aliphatic heterocycles. The Labute approximate surface area is 98.6 Å². The van der Waals surface area contributed by atoms with Crippen LogP contribution in [0.4, 0.5) is 0 Å². The molecular formula is C13H25NO2. The van der Waals surface area contributed by atoms with Crippen molar-refractivity contribution in [2.75, 3.05) is 6.54 Å². The Morgan fingerprint density at radius 1 is 1.44 bits per heavy atom. The molecule has 2 N–H and O–H groups in total. The second-order valence-electron chi connectivity index (χ2n) is 5.40. The third-order valence-corrected chi connectivity index (χ3v) is 3.95. The molecule has 3 nitrogen and oxygen atoms in total. The lowest BCUT2D eigenvalue weighted by molar-refractivity contribution is -0.147. The highest BCUT2D eigenvalue weighted by Crippen LogP contribution is 2.36. The molecule has 1 saturated carbocycles. The van der Waals surface area contributed by atoms with E-state index in [4.69, 9.17) is 0 Å². The van der Waals surface area contributed by atoms with Gasteiger partial charge >= 0.3 is 5.97 Å². The molecule has 0 spiro atoms. The predicted octanol–water partition coefficient (Wildman–Crippen LogP) is 2.66. The lowest BCUT2D eigenvalue weighted by Crippen LogP contribution is -2.54. The highest BCUT2D eigenvalue weighted by molar-refractivity contribution is 5.78. The van der Waals surface area contributed by atoms with E-state index in [9.17, 15) is 9.90 Å². The summed E-state index contributed by atoms with van der Waals surface area (Å²) in [6, 6.07) is 0. The van der Waals surface area contributed by atoms with E-state index in [-0.39, 0.29) is 0 Å². The summed E-state index contributed by atoms with van der Waals surface area (Å²) in [6.45, 7) is 7.34. The average Bonchev–Trinajstić information content (AvgIpc) is 2.26. The van der Waals surface area contributed by atoms with Crippen molar-refractivity contribution in [3.63, 3.8) is 0 Å². The van der Waals surface area contributed by atoms with Gasteiger partial charge < -0.3 is 10.4 Å². The average molecular weight is 227 g/mol. The van der Waals surface area contributed by atoms with Gasteiger partial charge in [0.25, 0.3) is 0 Å². The molecule has 0 radical (unpaired) electrons. The van der Waals surface area contributed by atoms with E-state index in [1.165, 1.54) is 0 Å². The van der Waals surface area contributed by atoms with Gasteiger partial charge in [0.05, 0.1) is 0 Å². The summed E-state index contributed by atoms with van der Waals surface area (Å²) >= 11 is 0. The molecule has 16 heavy (non-hydrogen) atoms. The Morgan fingerprint density at radius 3 is 2.38 bits per heavy atom. The molecule has 0 aromatic carbocycles. The summed E-state index contributed by atoms with van der Waals surface area (Å²) in [5, 5.41) is 12.6. The topological polar surface area (TPSA) is 49.3 Å². The third-order valence-electron chi connectivity index (χ3n) is 3.95. The van der Waals surface area contributed by atoms with Gasteiger partial charge in [0.1, 0.15) is 5.54 Å². The van der Waals surface area contributed by atoms with Crippen LogP contribution in [-0.4, -0.2) is 23.2 Å².